The molecule has 1 aliphatic heterocycles. The molecule has 0 radical (unpaired) electrons. The van der Waals surface area contributed by atoms with Crippen molar-refractivity contribution in [3.05, 3.63) is 60.4 Å². The predicted molar refractivity (Wildman–Crippen MR) is 154 cm³/mol. The summed E-state index contributed by atoms with van der Waals surface area (Å²) < 4.78 is 44.8. The van der Waals surface area contributed by atoms with Crippen molar-refractivity contribution in [2.45, 2.75) is 19.8 Å². The molecule has 0 unspecified atom stereocenters. The van der Waals surface area contributed by atoms with Gasteiger partial charge in [0.2, 0.25) is 5.95 Å². The van der Waals surface area contributed by atoms with Crippen LogP contribution < -0.4 is 19.7 Å². The first kappa shape index (κ1) is 28.3. The van der Waals surface area contributed by atoms with Crippen LogP contribution in [0.15, 0.2) is 53.1 Å². The molecule has 0 aliphatic carbocycles. The lowest BCUT2D eigenvalue weighted by molar-refractivity contribution is 0.235. The van der Waals surface area contributed by atoms with E-state index in [1.165, 1.54) is 6.07 Å². The van der Waals surface area contributed by atoms with Crippen molar-refractivity contribution in [1.82, 2.24) is 19.9 Å². The van der Waals surface area contributed by atoms with Gasteiger partial charge in [0.1, 0.15) is 35.4 Å². The second kappa shape index (κ2) is 12.9. The van der Waals surface area contributed by atoms with Gasteiger partial charge in [-0.2, -0.15) is 0 Å². The third kappa shape index (κ3) is 6.57. The number of oxazole rings is 1. The number of nitrogens with zero attached hydrogens (tertiary/aromatic N) is 5. The molecule has 3 heterocycles. The molecule has 1 aliphatic rings. The summed E-state index contributed by atoms with van der Waals surface area (Å²) in [6.45, 7) is 4.81. The van der Waals surface area contributed by atoms with Gasteiger partial charge in [-0.05, 0) is 42.8 Å². The second-order valence-corrected chi connectivity index (χ2v) is 9.71. The highest BCUT2D eigenvalue weighted by molar-refractivity contribution is 5.77. The number of alkyl halides is 1. The van der Waals surface area contributed by atoms with Gasteiger partial charge in [0.15, 0.2) is 11.7 Å². The molecular formula is C30H34F2N6O3. The number of benzene rings is 2. The average Bonchev–Trinajstić information content (AvgIpc) is 3.42. The molecule has 41 heavy (non-hydrogen) atoms. The van der Waals surface area contributed by atoms with E-state index in [-0.39, 0.29) is 18.4 Å². The molecule has 2 aromatic carbocycles. The van der Waals surface area contributed by atoms with E-state index in [9.17, 15) is 4.39 Å². The summed E-state index contributed by atoms with van der Waals surface area (Å²) in [5, 5.41) is 3.10. The molecule has 0 amide bonds. The molecule has 5 rings (SSSR count). The third-order valence-electron chi connectivity index (χ3n) is 6.97. The first-order valence-electron chi connectivity index (χ1n) is 13.7. The third-order valence-corrected chi connectivity index (χ3v) is 6.97. The Morgan fingerprint density at radius 3 is 2.39 bits per heavy atom. The van der Waals surface area contributed by atoms with Crippen LogP contribution in [0.4, 0.5) is 26.1 Å². The van der Waals surface area contributed by atoms with E-state index in [2.05, 4.69) is 22.2 Å². The number of methoxy groups -OCH3 is 2. The minimum atomic E-state index is -0.370. The Morgan fingerprint density at radius 2 is 1.73 bits per heavy atom. The maximum absolute atomic E-state index is 15.1. The molecule has 1 fully saturated rings. The second-order valence-electron chi connectivity index (χ2n) is 9.71. The van der Waals surface area contributed by atoms with E-state index in [0.29, 0.717) is 85.1 Å². The van der Waals surface area contributed by atoms with Gasteiger partial charge >= 0.3 is 0 Å². The molecule has 0 atom stereocenters. The minimum absolute atomic E-state index is 0.289. The van der Waals surface area contributed by atoms with Gasteiger partial charge in [0.25, 0.3) is 0 Å². The van der Waals surface area contributed by atoms with Gasteiger partial charge in [-0.3, -0.25) is 4.90 Å². The van der Waals surface area contributed by atoms with E-state index < -0.39 is 0 Å². The Kier molecular flexibility index (Phi) is 8.93. The Balaban J connectivity index is 1.39. The summed E-state index contributed by atoms with van der Waals surface area (Å²) in [7, 11) is 3.19. The fourth-order valence-corrected chi connectivity index (χ4v) is 4.85. The highest BCUT2D eigenvalue weighted by Crippen LogP contribution is 2.36. The SMILES string of the molecule is CCCc1nc(-c2cc(OC)cc(OC)c2)c(-c2ccnc(Nc3ccc(N4CCN(CCF)CC4)c(F)c3)n2)o1. The lowest BCUT2D eigenvalue weighted by Crippen LogP contribution is -2.47. The molecule has 11 heteroatoms. The van der Waals surface area contributed by atoms with Crippen molar-refractivity contribution in [2.24, 2.45) is 0 Å². The minimum Gasteiger partial charge on any atom is -0.497 e. The molecule has 0 spiro atoms. The number of rotatable bonds is 11. The average molecular weight is 565 g/mol. The number of hydrogen-bond donors (Lipinski definition) is 1. The van der Waals surface area contributed by atoms with Crippen LogP contribution in [0.5, 0.6) is 11.5 Å². The Morgan fingerprint density at radius 1 is 0.976 bits per heavy atom. The zero-order valence-corrected chi connectivity index (χ0v) is 23.5. The van der Waals surface area contributed by atoms with E-state index in [1.807, 2.05) is 21.9 Å². The fourth-order valence-electron chi connectivity index (χ4n) is 4.85. The Labute approximate surface area is 238 Å². The van der Waals surface area contributed by atoms with Gasteiger partial charge in [-0.1, -0.05) is 6.92 Å². The normalized spacial score (nSPS) is 13.8. The maximum atomic E-state index is 15.1. The van der Waals surface area contributed by atoms with Crippen molar-refractivity contribution < 1.29 is 22.7 Å². The van der Waals surface area contributed by atoms with Crippen LogP contribution >= 0.6 is 0 Å². The van der Waals surface area contributed by atoms with E-state index in [0.717, 1.165) is 12.0 Å². The quantitative estimate of drug-likeness (QED) is 0.245. The van der Waals surface area contributed by atoms with Crippen molar-refractivity contribution in [3.63, 3.8) is 0 Å². The number of aromatic nitrogens is 3. The van der Waals surface area contributed by atoms with Crippen LogP contribution in [0.1, 0.15) is 19.2 Å². The Hall–Kier alpha value is -4.25. The van der Waals surface area contributed by atoms with Crippen LogP contribution in [-0.2, 0) is 6.42 Å². The highest BCUT2D eigenvalue weighted by atomic mass is 19.1. The largest absolute Gasteiger partial charge is 0.497 e. The van der Waals surface area contributed by atoms with Gasteiger partial charge in [-0.25, -0.2) is 23.7 Å². The zero-order chi connectivity index (χ0) is 28.8. The number of nitrogens with one attached hydrogen (secondary N) is 1. The van der Waals surface area contributed by atoms with Crippen LogP contribution in [0, 0.1) is 5.82 Å². The van der Waals surface area contributed by atoms with Gasteiger partial charge in [0.05, 0.1) is 19.9 Å². The van der Waals surface area contributed by atoms with Crippen LogP contribution in [0.3, 0.4) is 0 Å². The van der Waals surface area contributed by atoms with Gasteiger partial charge in [0, 0.05) is 62.7 Å². The van der Waals surface area contributed by atoms with Gasteiger partial charge < -0.3 is 24.1 Å². The molecule has 0 bridgehead atoms. The van der Waals surface area contributed by atoms with E-state index in [4.69, 9.17) is 18.9 Å². The molecule has 0 saturated carbocycles. The highest BCUT2D eigenvalue weighted by Gasteiger charge is 2.21. The monoisotopic (exact) mass is 564 g/mol. The Bertz CT molecular complexity index is 1450. The number of ether oxygens (including phenoxy) is 2. The predicted octanol–water partition coefficient (Wildman–Crippen LogP) is 5.74. The summed E-state index contributed by atoms with van der Waals surface area (Å²) in [4.78, 5) is 17.8. The summed E-state index contributed by atoms with van der Waals surface area (Å²) in [6, 6.07) is 12.2. The number of anilines is 3. The van der Waals surface area contributed by atoms with Crippen molar-refractivity contribution in [3.8, 4) is 34.2 Å². The molecule has 2 aromatic heterocycles. The molecule has 9 nitrogen and oxygen atoms in total. The summed E-state index contributed by atoms with van der Waals surface area (Å²) in [6.07, 6.45) is 3.15. The van der Waals surface area contributed by atoms with Crippen molar-refractivity contribution >= 4 is 17.3 Å². The van der Waals surface area contributed by atoms with Gasteiger partial charge in [-0.15, -0.1) is 0 Å². The first-order valence-corrected chi connectivity index (χ1v) is 13.7. The summed E-state index contributed by atoms with van der Waals surface area (Å²) in [5.41, 5.74) is 2.93. The molecule has 1 N–H and O–H groups in total. The number of halogens is 2. The number of aryl methyl sites for hydroxylation is 1. The zero-order valence-electron chi connectivity index (χ0n) is 23.5. The standard InChI is InChI=1S/C30H34F2N6O3/c1-4-5-27-36-28(20-16-22(39-2)19-23(17-20)40-3)29(41-27)25-8-10-33-30(35-25)34-21-6-7-26(24(32)18-21)38-14-12-37(11-9-31)13-15-38/h6-8,10,16-19H,4-5,9,11-15H2,1-3H3,(H,33,34,35). The number of piperazine rings is 1. The van der Waals surface area contributed by atoms with E-state index >= 15 is 4.39 Å². The van der Waals surface area contributed by atoms with Crippen molar-refractivity contribution in [1.29, 1.82) is 0 Å². The first-order chi connectivity index (χ1) is 20.0. The summed E-state index contributed by atoms with van der Waals surface area (Å²) >= 11 is 0. The lowest BCUT2D eigenvalue weighted by Gasteiger charge is -2.35. The van der Waals surface area contributed by atoms with Crippen molar-refractivity contribution in [2.75, 3.05) is 63.8 Å². The molecular weight excluding hydrogens is 530 g/mol. The summed E-state index contributed by atoms with van der Waals surface area (Å²) in [5.74, 6) is 2.28. The van der Waals surface area contributed by atoms with Crippen LogP contribution in [0.2, 0.25) is 0 Å². The molecule has 216 valence electrons. The topological polar surface area (TPSA) is 88.8 Å². The lowest BCUT2D eigenvalue weighted by atomic mass is 10.1. The van der Waals surface area contributed by atoms with Crippen LogP contribution in [-0.4, -0.2) is 73.5 Å². The smallest absolute Gasteiger partial charge is 0.227 e. The maximum Gasteiger partial charge on any atom is 0.227 e. The fraction of sp³-hybridized carbons (Fsp3) is 0.367. The van der Waals surface area contributed by atoms with E-state index in [1.54, 1.807) is 44.7 Å². The molecule has 1 saturated heterocycles. The molecule has 4 aromatic rings. The number of hydrogen-bond acceptors (Lipinski definition) is 9. The van der Waals surface area contributed by atoms with Crippen LogP contribution in [0.25, 0.3) is 22.7 Å².